The molecule has 0 bridgehead atoms. The molecule has 2 aliphatic rings. The van der Waals surface area contributed by atoms with E-state index in [1.54, 1.807) is 11.7 Å². The van der Waals surface area contributed by atoms with Crippen LogP contribution in [0.4, 0.5) is 5.95 Å². The Hall–Kier alpha value is -2.87. The van der Waals surface area contributed by atoms with Crippen LogP contribution in [-0.4, -0.2) is 53.8 Å². The van der Waals surface area contributed by atoms with Crippen LogP contribution < -0.4 is 15.6 Å². The number of rotatable bonds is 2. The number of nitrogens with one attached hydrogen (secondary N) is 1. The monoisotopic (exact) mass is 355 g/mol. The number of benzene rings is 1. The second-order valence-electron chi connectivity index (χ2n) is 6.22. The highest BCUT2D eigenvalue weighted by molar-refractivity contribution is 5.93. The minimum atomic E-state index is -0.541. The standard InChI is InChI=1S/C18H21N5O3/c1-12-11-15(24)23-16(13-5-3-4-6-14(13)25-2)20-17(21-18(23)19-12)22-7-9-26-10-8-22/h3-6,11,16H,7-10H2,1-2H3,(H,19,20,21)/t16-/m1/s1. The summed E-state index contributed by atoms with van der Waals surface area (Å²) < 4.78 is 12.5. The molecular formula is C18H21N5O3. The van der Waals surface area contributed by atoms with Gasteiger partial charge in [-0.3, -0.25) is 14.7 Å². The third-order valence-corrected chi connectivity index (χ3v) is 4.52. The first-order valence-corrected chi connectivity index (χ1v) is 8.58. The van der Waals surface area contributed by atoms with Crippen LogP contribution in [0.1, 0.15) is 17.4 Å². The van der Waals surface area contributed by atoms with Gasteiger partial charge in [0.1, 0.15) is 5.75 Å². The van der Waals surface area contributed by atoms with Crippen molar-refractivity contribution in [2.45, 2.75) is 13.1 Å². The summed E-state index contributed by atoms with van der Waals surface area (Å²) >= 11 is 0. The lowest BCUT2D eigenvalue weighted by atomic mass is 10.1. The number of hydrogen-bond donors (Lipinski definition) is 1. The second-order valence-corrected chi connectivity index (χ2v) is 6.22. The summed E-state index contributed by atoms with van der Waals surface area (Å²) in [5, 5.41) is 3.22. The van der Waals surface area contributed by atoms with E-state index in [1.807, 2.05) is 31.2 Å². The van der Waals surface area contributed by atoms with Gasteiger partial charge in [0.15, 0.2) is 6.17 Å². The Morgan fingerprint density at radius 3 is 2.81 bits per heavy atom. The molecule has 1 atom stereocenters. The summed E-state index contributed by atoms with van der Waals surface area (Å²) in [5.74, 6) is 1.87. The molecule has 0 radical (unpaired) electrons. The average molecular weight is 355 g/mol. The molecule has 1 N–H and O–H groups in total. The zero-order valence-electron chi connectivity index (χ0n) is 14.8. The largest absolute Gasteiger partial charge is 0.496 e. The molecule has 0 spiro atoms. The number of anilines is 1. The zero-order valence-corrected chi connectivity index (χ0v) is 14.8. The molecule has 26 heavy (non-hydrogen) atoms. The molecule has 1 saturated heterocycles. The summed E-state index contributed by atoms with van der Waals surface area (Å²) in [6.07, 6.45) is -0.541. The quantitative estimate of drug-likeness (QED) is 0.872. The van der Waals surface area contributed by atoms with Crippen molar-refractivity contribution in [3.63, 3.8) is 0 Å². The molecular weight excluding hydrogens is 334 g/mol. The van der Waals surface area contributed by atoms with Crippen LogP contribution in [0.15, 0.2) is 40.1 Å². The zero-order chi connectivity index (χ0) is 18.1. The van der Waals surface area contributed by atoms with Gasteiger partial charge in [-0.05, 0) is 13.0 Å². The number of ether oxygens (including phenoxy) is 2. The van der Waals surface area contributed by atoms with Crippen molar-refractivity contribution in [2.24, 2.45) is 4.99 Å². The molecule has 3 heterocycles. The molecule has 2 aliphatic heterocycles. The number of para-hydroxylation sites is 1. The van der Waals surface area contributed by atoms with E-state index in [2.05, 4.69) is 15.2 Å². The summed E-state index contributed by atoms with van der Waals surface area (Å²) in [7, 11) is 1.61. The lowest BCUT2D eigenvalue weighted by Gasteiger charge is -2.34. The number of nitrogens with zero attached hydrogens (tertiary/aromatic N) is 4. The average Bonchev–Trinajstić information content (AvgIpc) is 2.67. The second kappa shape index (κ2) is 6.80. The Morgan fingerprint density at radius 1 is 1.27 bits per heavy atom. The van der Waals surface area contributed by atoms with E-state index in [0.717, 1.165) is 18.7 Å². The van der Waals surface area contributed by atoms with Gasteiger partial charge in [0.2, 0.25) is 11.9 Å². The van der Waals surface area contributed by atoms with Crippen molar-refractivity contribution in [1.29, 1.82) is 0 Å². The van der Waals surface area contributed by atoms with Gasteiger partial charge in [0.05, 0.1) is 20.3 Å². The molecule has 0 saturated carbocycles. The predicted molar refractivity (Wildman–Crippen MR) is 97.8 cm³/mol. The number of morpholine rings is 1. The molecule has 1 aromatic heterocycles. The van der Waals surface area contributed by atoms with Crippen molar-refractivity contribution >= 4 is 11.9 Å². The van der Waals surface area contributed by atoms with Crippen LogP contribution in [-0.2, 0) is 4.74 Å². The van der Waals surface area contributed by atoms with Crippen molar-refractivity contribution in [2.75, 3.05) is 38.7 Å². The van der Waals surface area contributed by atoms with Gasteiger partial charge < -0.3 is 14.4 Å². The SMILES string of the molecule is COc1ccccc1[C@@H]1N=C(N2CCOCC2)Nc2nc(C)cc(=O)n21. The van der Waals surface area contributed by atoms with Crippen molar-refractivity contribution in [3.05, 3.63) is 51.9 Å². The summed E-state index contributed by atoms with van der Waals surface area (Å²) in [6.45, 7) is 4.57. The minimum absolute atomic E-state index is 0.152. The molecule has 0 amide bonds. The third-order valence-electron chi connectivity index (χ3n) is 4.52. The van der Waals surface area contributed by atoms with Crippen LogP contribution >= 0.6 is 0 Å². The van der Waals surface area contributed by atoms with Crippen molar-refractivity contribution < 1.29 is 9.47 Å². The van der Waals surface area contributed by atoms with E-state index in [1.165, 1.54) is 6.07 Å². The number of methoxy groups -OCH3 is 1. The van der Waals surface area contributed by atoms with Gasteiger partial charge in [-0.15, -0.1) is 0 Å². The maximum Gasteiger partial charge on any atom is 0.257 e. The molecule has 0 aliphatic carbocycles. The highest BCUT2D eigenvalue weighted by atomic mass is 16.5. The molecule has 8 heteroatoms. The van der Waals surface area contributed by atoms with Gasteiger partial charge in [0, 0.05) is 30.4 Å². The molecule has 8 nitrogen and oxygen atoms in total. The van der Waals surface area contributed by atoms with Crippen molar-refractivity contribution in [1.82, 2.24) is 14.5 Å². The van der Waals surface area contributed by atoms with E-state index in [-0.39, 0.29) is 5.56 Å². The fourth-order valence-corrected chi connectivity index (χ4v) is 3.26. The number of hydrogen-bond acceptors (Lipinski definition) is 7. The van der Waals surface area contributed by atoms with Gasteiger partial charge in [0.25, 0.3) is 5.56 Å². The lowest BCUT2D eigenvalue weighted by Crippen LogP contribution is -2.47. The Labute approximate surface area is 151 Å². The first-order chi connectivity index (χ1) is 12.7. The Kier molecular flexibility index (Phi) is 4.34. The predicted octanol–water partition coefficient (Wildman–Crippen LogP) is 1.22. The Balaban J connectivity index is 1.86. The number of guanidine groups is 1. The molecule has 1 fully saturated rings. The first kappa shape index (κ1) is 16.6. The van der Waals surface area contributed by atoms with Gasteiger partial charge in [-0.2, -0.15) is 0 Å². The number of aliphatic imine (C=N–C) groups is 1. The van der Waals surface area contributed by atoms with Gasteiger partial charge in [-0.1, -0.05) is 18.2 Å². The normalized spacial score (nSPS) is 19.4. The maximum atomic E-state index is 12.7. The number of aryl methyl sites for hydroxylation is 1. The van der Waals surface area contributed by atoms with E-state index in [4.69, 9.17) is 14.5 Å². The molecule has 1 aromatic carbocycles. The van der Waals surface area contributed by atoms with Gasteiger partial charge >= 0.3 is 0 Å². The lowest BCUT2D eigenvalue weighted by molar-refractivity contribution is 0.0675. The van der Waals surface area contributed by atoms with E-state index < -0.39 is 6.17 Å². The van der Waals surface area contributed by atoms with E-state index >= 15 is 0 Å². The number of fused-ring (bicyclic) bond motifs is 1. The third kappa shape index (κ3) is 2.92. The fraction of sp³-hybridized carbons (Fsp3) is 0.389. The van der Waals surface area contributed by atoms with Crippen LogP contribution in [0.5, 0.6) is 5.75 Å². The first-order valence-electron chi connectivity index (χ1n) is 8.58. The number of aromatic nitrogens is 2. The van der Waals surface area contributed by atoms with Crippen LogP contribution in [0.2, 0.25) is 0 Å². The Morgan fingerprint density at radius 2 is 2.04 bits per heavy atom. The minimum Gasteiger partial charge on any atom is -0.496 e. The molecule has 0 unspecified atom stereocenters. The summed E-state index contributed by atoms with van der Waals surface area (Å²) in [4.78, 5) is 24.2. The summed E-state index contributed by atoms with van der Waals surface area (Å²) in [6, 6.07) is 9.12. The van der Waals surface area contributed by atoms with E-state index in [0.29, 0.717) is 36.6 Å². The maximum absolute atomic E-state index is 12.7. The topological polar surface area (TPSA) is 81.0 Å². The van der Waals surface area contributed by atoms with E-state index in [9.17, 15) is 4.79 Å². The smallest absolute Gasteiger partial charge is 0.257 e. The molecule has 2 aromatic rings. The van der Waals surface area contributed by atoms with Gasteiger partial charge in [-0.25, -0.2) is 9.98 Å². The highest BCUT2D eigenvalue weighted by Crippen LogP contribution is 2.32. The van der Waals surface area contributed by atoms with Crippen LogP contribution in [0.3, 0.4) is 0 Å². The van der Waals surface area contributed by atoms with Crippen LogP contribution in [0, 0.1) is 6.92 Å². The fourth-order valence-electron chi connectivity index (χ4n) is 3.26. The molecule has 136 valence electrons. The molecule has 4 rings (SSSR count). The highest BCUT2D eigenvalue weighted by Gasteiger charge is 2.29. The van der Waals surface area contributed by atoms with Crippen LogP contribution in [0.25, 0.3) is 0 Å². The van der Waals surface area contributed by atoms with Crippen molar-refractivity contribution in [3.8, 4) is 5.75 Å². The Bertz CT molecular complexity index is 902. The summed E-state index contributed by atoms with van der Waals surface area (Å²) in [5.41, 5.74) is 1.33.